The number of aromatic nitrogens is 4. The molecule has 2 aromatic heterocycles. The number of benzene rings is 2. The Bertz CT molecular complexity index is 1150. The lowest BCUT2D eigenvalue weighted by atomic mass is 10.2. The van der Waals surface area contributed by atoms with Crippen LogP contribution in [0.4, 0.5) is 0 Å². The fourth-order valence-electron chi connectivity index (χ4n) is 2.85. The van der Waals surface area contributed by atoms with Crippen molar-refractivity contribution in [2.45, 2.75) is 17.8 Å². The maximum absolute atomic E-state index is 6.11. The zero-order valence-electron chi connectivity index (χ0n) is 16.4. The van der Waals surface area contributed by atoms with Gasteiger partial charge in [0.15, 0.2) is 16.7 Å². The number of thioether (sulfide) groups is 1. The van der Waals surface area contributed by atoms with E-state index in [1.165, 1.54) is 0 Å². The Hall–Kier alpha value is -2.55. The van der Waals surface area contributed by atoms with Gasteiger partial charge in [-0.2, -0.15) is 0 Å². The molecule has 154 valence electrons. The molecule has 4 rings (SSSR count). The van der Waals surface area contributed by atoms with Crippen LogP contribution in [0.5, 0.6) is 11.5 Å². The van der Waals surface area contributed by atoms with Gasteiger partial charge < -0.3 is 9.47 Å². The number of nitrogens with zero attached hydrogens (tertiary/aromatic N) is 4. The van der Waals surface area contributed by atoms with E-state index in [0.29, 0.717) is 23.1 Å². The highest BCUT2D eigenvalue weighted by atomic mass is 35.5. The molecule has 9 heteroatoms. The number of hydrogen-bond donors (Lipinski definition) is 0. The minimum Gasteiger partial charge on any atom is -0.493 e. The fraction of sp³-hybridized carbons (Fsp3) is 0.190. The number of thiazole rings is 1. The first-order valence-corrected chi connectivity index (χ1v) is 11.5. The molecule has 0 N–H and O–H groups in total. The van der Waals surface area contributed by atoms with Gasteiger partial charge in [-0.3, -0.25) is 4.57 Å². The average molecular weight is 459 g/mol. The van der Waals surface area contributed by atoms with Gasteiger partial charge in [0.05, 0.1) is 25.1 Å². The van der Waals surface area contributed by atoms with E-state index >= 15 is 0 Å². The minimum atomic E-state index is 0.591. The molecule has 30 heavy (non-hydrogen) atoms. The second-order valence-corrected chi connectivity index (χ2v) is 8.43. The molecule has 0 amide bonds. The summed E-state index contributed by atoms with van der Waals surface area (Å²) in [4.78, 5) is 4.77. The molecule has 0 atom stereocenters. The van der Waals surface area contributed by atoms with Crippen molar-refractivity contribution >= 4 is 34.7 Å². The van der Waals surface area contributed by atoms with E-state index in [0.717, 1.165) is 32.9 Å². The second-order valence-electron chi connectivity index (χ2n) is 6.19. The van der Waals surface area contributed by atoms with Crippen molar-refractivity contribution in [2.75, 3.05) is 13.7 Å². The molecule has 0 aliphatic heterocycles. The Balaban J connectivity index is 1.48. The number of hydrogen-bond acceptors (Lipinski definition) is 7. The minimum absolute atomic E-state index is 0.591. The number of rotatable bonds is 8. The first kappa shape index (κ1) is 20.7. The summed E-state index contributed by atoms with van der Waals surface area (Å²) in [5, 5.41) is 12.7. The summed E-state index contributed by atoms with van der Waals surface area (Å²) in [7, 11) is 1.64. The van der Waals surface area contributed by atoms with E-state index in [1.54, 1.807) is 36.5 Å². The summed E-state index contributed by atoms with van der Waals surface area (Å²) in [5.41, 5.74) is 2.91. The van der Waals surface area contributed by atoms with Crippen LogP contribution in [0.1, 0.15) is 12.6 Å². The highest BCUT2D eigenvalue weighted by Crippen LogP contribution is 2.34. The molecule has 0 saturated carbocycles. The molecule has 4 aromatic rings. The largest absolute Gasteiger partial charge is 0.493 e. The van der Waals surface area contributed by atoms with Gasteiger partial charge in [0, 0.05) is 21.7 Å². The van der Waals surface area contributed by atoms with Crippen LogP contribution >= 0.6 is 34.7 Å². The summed E-state index contributed by atoms with van der Waals surface area (Å²) in [5.74, 6) is 2.12. The van der Waals surface area contributed by atoms with Gasteiger partial charge in [-0.15, -0.1) is 21.5 Å². The van der Waals surface area contributed by atoms with E-state index in [1.807, 2.05) is 54.0 Å². The van der Waals surface area contributed by atoms with E-state index < -0.39 is 0 Å². The van der Waals surface area contributed by atoms with Crippen LogP contribution in [0.3, 0.4) is 0 Å². The van der Waals surface area contributed by atoms with Crippen molar-refractivity contribution in [1.82, 2.24) is 19.7 Å². The van der Waals surface area contributed by atoms with Crippen LogP contribution in [0, 0.1) is 0 Å². The van der Waals surface area contributed by atoms with E-state index in [9.17, 15) is 0 Å². The lowest BCUT2D eigenvalue weighted by Crippen LogP contribution is -1.96. The average Bonchev–Trinajstić information content (AvgIpc) is 3.42. The quantitative estimate of drug-likeness (QED) is 0.313. The Labute approximate surface area is 187 Å². The Morgan fingerprint density at radius 2 is 2.07 bits per heavy atom. The van der Waals surface area contributed by atoms with E-state index in [-0.39, 0.29) is 0 Å². The van der Waals surface area contributed by atoms with Crippen LogP contribution < -0.4 is 9.47 Å². The van der Waals surface area contributed by atoms with Crippen molar-refractivity contribution in [2.24, 2.45) is 0 Å². The summed E-state index contributed by atoms with van der Waals surface area (Å²) >= 11 is 9.29. The standard InChI is InChI=1S/C21H19ClN4O2S2/c1-3-28-18-8-7-14(9-19(18)27-2)20-24-16(11-29-20)12-30-21-25-23-13-26(21)17-6-4-5-15(22)10-17/h4-11,13H,3,12H2,1-2H3. The van der Waals surface area contributed by atoms with Crippen molar-refractivity contribution in [3.05, 3.63) is 64.9 Å². The predicted molar refractivity (Wildman–Crippen MR) is 121 cm³/mol. The van der Waals surface area contributed by atoms with Gasteiger partial charge in [0.2, 0.25) is 0 Å². The molecule has 0 spiro atoms. The van der Waals surface area contributed by atoms with Gasteiger partial charge in [0.25, 0.3) is 0 Å². The van der Waals surface area contributed by atoms with E-state index in [4.69, 9.17) is 26.1 Å². The fourth-order valence-corrected chi connectivity index (χ4v) is 4.77. The molecule has 0 aliphatic carbocycles. The zero-order valence-corrected chi connectivity index (χ0v) is 18.8. The predicted octanol–water partition coefficient (Wildman–Crippen LogP) is 5.74. The molecule has 2 aromatic carbocycles. The highest BCUT2D eigenvalue weighted by Gasteiger charge is 2.12. The first-order valence-electron chi connectivity index (χ1n) is 9.22. The number of ether oxygens (including phenoxy) is 2. The third-order valence-corrected chi connectivity index (χ3v) is 6.37. The van der Waals surface area contributed by atoms with Gasteiger partial charge in [0.1, 0.15) is 11.3 Å². The molecular formula is C21H19ClN4O2S2. The molecule has 0 aliphatic rings. The lowest BCUT2D eigenvalue weighted by molar-refractivity contribution is 0.311. The third-order valence-electron chi connectivity index (χ3n) is 4.21. The summed E-state index contributed by atoms with van der Waals surface area (Å²) in [6, 6.07) is 13.5. The van der Waals surface area contributed by atoms with Gasteiger partial charge in [-0.25, -0.2) is 4.98 Å². The van der Waals surface area contributed by atoms with Crippen LogP contribution in [-0.4, -0.2) is 33.5 Å². The maximum atomic E-state index is 6.11. The summed E-state index contributed by atoms with van der Waals surface area (Å²) in [6.07, 6.45) is 1.69. The third kappa shape index (κ3) is 4.61. The van der Waals surface area contributed by atoms with Crippen molar-refractivity contribution < 1.29 is 9.47 Å². The molecule has 6 nitrogen and oxygen atoms in total. The lowest BCUT2D eigenvalue weighted by Gasteiger charge is -2.09. The van der Waals surface area contributed by atoms with Crippen molar-refractivity contribution in [1.29, 1.82) is 0 Å². The number of halogens is 1. The molecule has 0 bridgehead atoms. The Kier molecular flexibility index (Phi) is 6.56. The van der Waals surface area contributed by atoms with Gasteiger partial charge in [-0.05, 0) is 43.3 Å². The molecule has 2 heterocycles. The van der Waals surface area contributed by atoms with Crippen LogP contribution in [-0.2, 0) is 5.75 Å². The molecule has 0 saturated heterocycles. The van der Waals surface area contributed by atoms with Crippen molar-refractivity contribution in [3.63, 3.8) is 0 Å². The molecule has 0 unspecified atom stereocenters. The summed E-state index contributed by atoms with van der Waals surface area (Å²) in [6.45, 7) is 2.54. The SMILES string of the molecule is CCOc1ccc(-c2nc(CSc3nncn3-c3cccc(Cl)c3)cs2)cc1OC. The smallest absolute Gasteiger partial charge is 0.195 e. The first-order chi connectivity index (χ1) is 14.7. The topological polar surface area (TPSA) is 62.1 Å². The highest BCUT2D eigenvalue weighted by molar-refractivity contribution is 7.98. The molecule has 0 radical (unpaired) electrons. The monoisotopic (exact) mass is 458 g/mol. The normalized spacial score (nSPS) is 10.9. The van der Waals surface area contributed by atoms with Gasteiger partial charge in [-0.1, -0.05) is 29.4 Å². The molecular weight excluding hydrogens is 440 g/mol. The van der Waals surface area contributed by atoms with Gasteiger partial charge >= 0.3 is 0 Å². The second kappa shape index (κ2) is 9.51. The van der Waals surface area contributed by atoms with Crippen LogP contribution in [0.25, 0.3) is 16.3 Å². The summed E-state index contributed by atoms with van der Waals surface area (Å²) < 4.78 is 13.0. The van der Waals surface area contributed by atoms with Crippen molar-refractivity contribution in [3.8, 4) is 27.8 Å². The maximum Gasteiger partial charge on any atom is 0.195 e. The van der Waals surface area contributed by atoms with Crippen LogP contribution in [0.15, 0.2) is 59.3 Å². The Morgan fingerprint density at radius 1 is 1.17 bits per heavy atom. The van der Waals surface area contributed by atoms with E-state index in [2.05, 4.69) is 15.6 Å². The molecule has 0 fully saturated rings. The Morgan fingerprint density at radius 3 is 2.87 bits per heavy atom. The number of methoxy groups -OCH3 is 1. The zero-order chi connectivity index (χ0) is 20.9. The van der Waals surface area contributed by atoms with Crippen LogP contribution in [0.2, 0.25) is 5.02 Å².